The smallest absolute Gasteiger partial charge is 0.245 e. The molecule has 3 unspecified atom stereocenters. The van der Waals surface area contributed by atoms with Crippen LogP contribution in [0, 0.1) is 11.3 Å². The van der Waals surface area contributed by atoms with Crippen molar-refractivity contribution < 1.29 is 14.3 Å². The molecule has 23 heavy (non-hydrogen) atoms. The van der Waals surface area contributed by atoms with Gasteiger partial charge in [0, 0.05) is 23.6 Å². The predicted molar refractivity (Wildman–Crippen MR) is 89.4 cm³/mol. The van der Waals surface area contributed by atoms with E-state index < -0.39 is 5.54 Å². The second-order valence-corrected chi connectivity index (χ2v) is 7.04. The van der Waals surface area contributed by atoms with Gasteiger partial charge in [-0.1, -0.05) is 13.8 Å². The van der Waals surface area contributed by atoms with Crippen molar-refractivity contribution in [1.29, 1.82) is 0 Å². The van der Waals surface area contributed by atoms with Crippen LogP contribution in [0.15, 0.2) is 24.3 Å². The standard InChI is InChI=1S/C18H26N2O3/c1-4-22-13-9-7-12(8-10-13)20-16(21)18(19)14-6-5-11-23-15(14)17(18,2)3/h7-10,14-15H,4-6,11,19H2,1-3H3,(H,20,21). The van der Waals surface area contributed by atoms with Crippen LogP contribution in [0.2, 0.25) is 0 Å². The Balaban J connectivity index is 1.74. The Bertz CT molecular complexity index is 584. The molecule has 1 aliphatic heterocycles. The maximum absolute atomic E-state index is 12.9. The van der Waals surface area contributed by atoms with Crippen LogP contribution in [-0.2, 0) is 9.53 Å². The lowest BCUT2D eigenvalue weighted by Gasteiger charge is -2.65. The monoisotopic (exact) mass is 318 g/mol. The lowest BCUT2D eigenvalue weighted by Crippen LogP contribution is -2.81. The first-order chi connectivity index (χ1) is 10.9. The van der Waals surface area contributed by atoms with Crippen molar-refractivity contribution in [3.8, 4) is 5.75 Å². The fourth-order valence-corrected chi connectivity index (χ4v) is 4.07. The molecule has 1 amide bonds. The van der Waals surface area contributed by atoms with E-state index in [1.165, 1.54) is 0 Å². The van der Waals surface area contributed by atoms with Crippen molar-refractivity contribution in [1.82, 2.24) is 0 Å². The van der Waals surface area contributed by atoms with Gasteiger partial charge in [0.15, 0.2) is 0 Å². The Hall–Kier alpha value is -1.59. The molecule has 0 spiro atoms. The van der Waals surface area contributed by atoms with E-state index in [-0.39, 0.29) is 23.3 Å². The van der Waals surface area contributed by atoms with Crippen LogP contribution in [0.4, 0.5) is 5.69 Å². The maximum atomic E-state index is 12.9. The van der Waals surface area contributed by atoms with Gasteiger partial charge in [-0.2, -0.15) is 0 Å². The topological polar surface area (TPSA) is 73.6 Å². The zero-order valence-corrected chi connectivity index (χ0v) is 14.1. The number of fused-ring (bicyclic) bond motifs is 1. The number of rotatable bonds is 4. The van der Waals surface area contributed by atoms with E-state index in [1.807, 2.05) is 45.0 Å². The van der Waals surface area contributed by atoms with Gasteiger partial charge in [0.05, 0.1) is 12.7 Å². The van der Waals surface area contributed by atoms with Gasteiger partial charge in [-0.05, 0) is 44.0 Å². The summed E-state index contributed by atoms with van der Waals surface area (Å²) in [5.41, 5.74) is 6.06. The summed E-state index contributed by atoms with van der Waals surface area (Å²) >= 11 is 0. The number of hydrogen-bond donors (Lipinski definition) is 2. The molecule has 2 aliphatic rings. The summed E-state index contributed by atoms with van der Waals surface area (Å²) in [5.74, 6) is 0.755. The van der Waals surface area contributed by atoms with Crippen molar-refractivity contribution in [2.75, 3.05) is 18.5 Å². The fraction of sp³-hybridized carbons (Fsp3) is 0.611. The molecule has 1 heterocycles. The van der Waals surface area contributed by atoms with Crippen LogP contribution in [0.1, 0.15) is 33.6 Å². The zero-order valence-electron chi connectivity index (χ0n) is 14.1. The van der Waals surface area contributed by atoms with Crippen LogP contribution in [-0.4, -0.2) is 30.8 Å². The summed E-state index contributed by atoms with van der Waals surface area (Å²) in [6.45, 7) is 7.37. The van der Waals surface area contributed by atoms with E-state index in [4.69, 9.17) is 15.2 Å². The fourth-order valence-electron chi connectivity index (χ4n) is 4.07. The van der Waals surface area contributed by atoms with Gasteiger partial charge in [0.25, 0.3) is 0 Å². The average molecular weight is 318 g/mol. The van der Waals surface area contributed by atoms with Crippen LogP contribution in [0.25, 0.3) is 0 Å². The molecule has 1 aromatic carbocycles. The summed E-state index contributed by atoms with van der Waals surface area (Å²) in [6.07, 6.45) is 1.99. The Morgan fingerprint density at radius 3 is 2.74 bits per heavy atom. The zero-order chi connectivity index (χ0) is 16.7. The minimum absolute atomic E-state index is 0.0762. The third-order valence-corrected chi connectivity index (χ3v) is 5.48. The van der Waals surface area contributed by atoms with Gasteiger partial charge in [0.1, 0.15) is 11.3 Å². The number of ether oxygens (including phenoxy) is 2. The van der Waals surface area contributed by atoms with Crippen molar-refractivity contribution in [3.05, 3.63) is 24.3 Å². The SMILES string of the molecule is CCOc1ccc(NC(=O)C2(N)C3CCCOC3C2(C)C)cc1. The highest BCUT2D eigenvalue weighted by molar-refractivity contribution is 6.00. The van der Waals surface area contributed by atoms with E-state index in [9.17, 15) is 4.79 Å². The minimum atomic E-state index is -0.892. The van der Waals surface area contributed by atoms with Crippen LogP contribution in [0.5, 0.6) is 5.75 Å². The molecule has 3 rings (SSSR count). The van der Waals surface area contributed by atoms with Gasteiger partial charge in [-0.25, -0.2) is 0 Å². The molecule has 126 valence electrons. The van der Waals surface area contributed by atoms with Crippen molar-refractivity contribution in [2.45, 2.75) is 45.3 Å². The Kier molecular flexibility index (Phi) is 4.10. The molecule has 1 saturated carbocycles. The summed E-state index contributed by atoms with van der Waals surface area (Å²) in [6, 6.07) is 7.38. The molecule has 0 bridgehead atoms. The molecular formula is C18H26N2O3. The van der Waals surface area contributed by atoms with Gasteiger partial charge in [-0.15, -0.1) is 0 Å². The number of carbonyl (C=O) groups is 1. The molecule has 3 atom stereocenters. The first-order valence-electron chi connectivity index (χ1n) is 8.36. The average Bonchev–Trinajstić information content (AvgIpc) is 2.56. The number of amides is 1. The van der Waals surface area contributed by atoms with E-state index >= 15 is 0 Å². The van der Waals surface area contributed by atoms with Crippen molar-refractivity contribution in [2.24, 2.45) is 17.1 Å². The third-order valence-electron chi connectivity index (χ3n) is 5.48. The van der Waals surface area contributed by atoms with Gasteiger partial charge in [0.2, 0.25) is 5.91 Å². The lowest BCUT2D eigenvalue weighted by molar-refractivity contribution is -0.222. The molecular weight excluding hydrogens is 292 g/mol. The van der Waals surface area contributed by atoms with Gasteiger partial charge >= 0.3 is 0 Å². The summed E-state index contributed by atoms with van der Waals surface area (Å²) in [5, 5.41) is 2.97. The molecule has 1 aromatic rings. The number of hydrogen-bond acceptors (Lipinski definition) is 4. The Labute approximate surface area is 137 Å². The number of benzene rings is 1. The summed E-state index contributed by atoms with van der Waals surface area (Å²) in [7, 11) is 0. The molecule has 2 fully saturated rings. The first kappa shape index (κ1) is 16.3. The van der Waals surface area contributed by atoms with E-state index in [0.29, 0.717) is 6.61 Å². The molecule has 0 aromatic heterocycles. The minimum Gasteiger partial charge on any atom is -0.494 e. The number of nitrogens with one attached hydrogen (secondary N) is 1. The summed E-state index contributed by atoms with van der Waals surface area (Å²) < 4.78 is 11.3. The second-order valence-electron chi connectivity index (χ2n) is 7.04. The predicted octanol–water partition coefficient (Wildman–Crippen LogP) is 2.56. The van der Waals surface area contributed by atoms with Crippen LogP contribution >= 0.6 is 0 Å². The highest BCUT2D eigenvalue weighted by Gasteiger charge is 2.70. The van der Waals surface area contributed by atoms with E-state index in [1.54, 1.807) is 0 Å². The highest BCUT2D eigenvalue weighted by Crippen LogP contribution is 2.57. The maximum Gasteiger partial charge on any atom is 0.245 e. The van der Waals surface area contributed by atoms with Crippen molar-refractivity contribution in [3.63, 3.8) is 0 Å². The Morgan fingerprint density at radius 2 is 2.09 bits per heavy atom. The van der Waals surface area contributed by atoms with E-state index in [0.717, 1.165) is 30.9 Å². The van der Waals surface area contributed by atoms with Crippen LogP contribution in [0.3, 0.4) is 0 Å². The molecule has 1 aliphatic carbocycles. The Morgan fingerprint density at radius 1 is 1.39 bits per heavy atom. The first-order valence-corrected chi connectivity index (χ1v) is 8.36. The third kappa shape index (κ3) is 2.42. The quantitative estimate of drug-likeness (QED) is 0.895. The molecule has 0 radical (unpaired) electrons. The normalized spacial score (nSPS) is 31.7. The summed E-state index contributed by atoms with van der Waals surface area (Å²) in [4.78, 5) is 12.9. The second kappa shape index (κ2) is 5.80. The number of nitrogens with two attached hydrogens (primary N) is 1. The lowest BCUT2D eigenvalue weighted by atomic mass is 9.46. The van der Waals surface area contributed by atoms with Crippen molar-refractivity contribution >= 4 is 11.6 Å². The van der Waals surface area contributed by atoms with Gasteiger partial charge in [-0.3, -0.25) is 4.79 Å². The molecule has 5 heteroatoms. The van der Waals surface area contributed by atoms with Gasteiger partial charge < -0.3 is 20.5 Å². The largest absolute Gasteiger partial charge is 0.494 e. The number of carbonyl (C=O) groups excluding carboxylic acids is 1. The van der Waals surface area contributed by atoms with Crippen LogP contribution < -0.4 is 15.8 Å². The molecule has 1 saturated heterocycles. The highest BCUT2D eigenvalue weighted by atomic mass is 16.5. The number of anilines is 1. The molecule has 5 nitrogen and oxygen atoms in total. The van der Waals surface area contributed by atoms with E-state index in [2.05, 4.69) is 5.32 Å². The molecule has 3 N–H and O–H groups in total.